The first-order valence-electron chi connectivity index (χ1n) is 22.8. The van der Waals surface area contributed by atoms with E-state index in [1.165, 1.54) is 11.1 Å². The van der Waals surface area contributed by atoms with Crippen LogP contribution in [0.1, 0.15) is 116 Å². The summed E-state index contributed by atoms with van der Waals surface area (Å²) in [6, 6.07) is 36.9. The minimum absolute atomic E-state index is 0.239. The van der Waals surface area contributed by atoms with Gasteiger partial charge in [0, 0.05) is 36.3 Å². The summed E-state index contributed by atoms with van der Waals surface area (Å²) in [5.41, 5.74) is 10.9. The molecule has 0 amide bonds. The van der Waals surface area contributed by atoms with Crippen molar-refractivity contribution in [1.29, 1.82) is 0 Å². The van der Waals surface area contributed by atoms with Gasteiger partial charge in [-0.1, -0.05) is 144 Å². The smallest absolute Gasteiger partial charge is 0.408 e. The van der Waals surface area contributed by atoms with Gasteiger partial charge in [0.1, 0.15) is 11.5 Å². The van der Waals surface area contributed by atoms with Crippen LogP contribution in [0.25, 0.3) is 11.1 Å². The molecular weight excluding hydrogens is 859 g/mol. The van der Waals surface area contributed by atoms with Crippen molar-refractivity contribution >= 4 is 40.0 Å². The van der Waals surface area contributed by atoms with E-state index in [9.17, 15) is 0 Å². The Kier molecular flexibility index (Phi) is 12.4. The zero-order valence-electron chi connectivity index (χ0n) is 41.6. The monoisotopic (exact) mass is 924 g/mol. The highest BCUT2D eigenvalue weighted by Gasteiger charge is 2.40. The van der Waals surface area contributed by atoms with Crippen LogP contribution >= 0.6 is 17.2 Å². The van der Waals surface area contributed by atoms with Gasteiger partial charge in [-0.15, -0.1) is 0 Å². The number of hydrogen-bond acceptors (Lipinski definition) is 8. The predicted octanol–water partition coefficient (Wildman–Crippen LogP) is 16.9. The van der Waals surface area contributed by atoms with Crippen LogP contribution in [-0.4, -0.2) is 14.1 Å². The lowest BCUT2D eigenvalue weighted by Crippen LogP contribution is -2.23. The molecule has 66 heavy (non-hydrogen) atoms. The Balaban J connectivity index is 1.44. The fraction of sp³-hybridized carbons (Fsp3) is 0.357. The third-order valence-electron chi connectivity index (χ3n) is 12.5. The van der Waals surface area contributed by atoms with Gasteiger partial charge in [-0.05, 0) is 106 Å². The van der Waals surface area contributed by atoms with E-state index < -0.39 is 17.2 Å². The molecule has 0 unspecified atom stereocenters. The molecule has 6 aromatic carbocycles. The largest absolute Gasteiger partial charge is 0.530 e. The van der Waals surface area contributed by atoms with Gasteiger partial charge in [0.05, 0.1) is 22.7 Å². The molecule has 8 nitrogen and oxygen atoms in total. The van der Waals surface area contributed by atoms with Gasteiger partial charge < -0.3 is 36.9 Å². The van der Waals surface area contributed by atoms with Crippen LogP contribution in [0.15, 0.2) is 109 Å². The maximum Gasteiger partial charge on any atom is 0.530 e. The number of fused-ring (bicyclic) bond motifs is 4. The summed E-state index contributed by atoms with van der Waals surface area (Å²) in [5, 5.41) is 0. The molecule has 2 aliphatic rings. The summed E-state index contributed by atoms with van der Waals surface area (Å²) in [5.74, 6) is 4.04. The van der Waals surface area contributed by atoms with E-state index in [1.807, 2.05) is 86.9 Å². The lowest BCUT2D eigenvalue weighted by atomic mass is 9.72. The quantitative estimate of drug-likeness (QED) is 0.159. The first-order chi connectivity index (χ1) is 30.9. The molecule has 0 fully saturated rings. The SMILES string of the molecule is Cc1c(C(C)(C)C)cc(C(C)(C)C)c(OP2Oc3ccccc3N(C)c3ccccc3O2)c1-c1c(C)c(C(C)(C)C)cc(C(C)(C)C)c1OP1Oc2ccccc2N(C)c2ccccc2O1. The molecule has 0 radical (unpaired) electrons. The number of anilines is 4. The summed E-state index contributed by atoms with van der Waals surface area (Å²) >= 11 is 0. The highest BCUT2D eigenvalue weighted by molar-refractivity contribution is 7.43. The Bertz CT molecular complexity index is 2500. The Morgan fingerprint density at radius 3 is 0.864 bits per heavy atom. The van der Waals surface area contributed by atoms with Crippen molar-refractivity contribution in [2.45, 2.75) is 119 Å². The average Bonchev–Trinajstić information content (AvgIpc) is 3.22. The molecule has 0 saturated heterocycles. The molecule has 346 valence electrons. The molecule has 6 aromatic rings. The van der Waals surface area contributed by atoms with E-state index in [-0.39, 0.29) is 21.7 Å². The standard InChI is InChI=1S/C56H66N2O6P2/c1-35-37(53(3,4)5)33-39(55(9,10)11)51(63-65-59-45-29-21-17-25-41(45)57(15)42-26-18-22-30-46(42)60-65)49(35)50-36(2)38(54(6,7)8)34-40(56(12,13)14)52(50)64-66-61-47-31-23-19-27-43(47)58(16)44-28-20-24-32-48(44)62-66/h17-34H,1-16H3. The third kappa shape index (κ3) is 9.04. The summed E-state index contributed by atoms with van der Waals surface area (Å²) in [7, 11) is -0.111. The highest BCUT2D eigenvalue weighted by atomic mass is 31.2. The minimum Gasteiger partial charge on any atom is -0.408 e. The van der Waals surface area contributed by atoms with Gasteiger partial charge in [0.2, 0.25) is 0 Å². The van der Waals surface area contributed by atoms with Crippen molar-refractivity contribution in [3.05, 3.63) is 143 Å². The van der Waals surface area contributed by atoms with Crippen LogP contribution in [0, 0.1) is 13.8 Å². The van der Waals surface area contributed by atoms with Gasteiger partial charge in [-0.25, -0.2) is 0 Å². The lowest BCUT2D eigenvalue weighted by Gasteiger charge is -2.36. The van der Waals surface area contributed by atoms with Crippen molar-refractivity contribution in [3.63, 3.8) is 0 Å². The lowest BCUT2D eigenvalue weighted by molar-refractivity contribution is 0.377. The Morgan fingerprint density at radius 1 is 0.379 bits per heavy atom. The number of para-hydroxylation sites is 8. The molecule has 2 aliphatic heterocycles. The van der Waals surface area contributed by atoms with Gasteiger partial charge in [-0.2, -0.15) is 0 Å². The normalized spacial score (nSPS) is 14.7. The predicted molar refractivity (Wildman–Crippen MR) is 276 cm³/mol. The van der Waals surface area contributed by atoms with E-state index >= 15 is 0 Å². The maximum absolute atomic E-state index is 7.51. The Morgan fingerprint density at radius 2 is 0.621 bits per heavy atom. The van der Waals surface area contributed by atoms with Crippen molar-refractivity contribution in [2.24, 2.45) is 0 Å². The molecule has 0 aromatic heterocycles. The van der Waals surface area contributed by atoms with E-state index in [4.69, 9.17) is 27.1 Å². The fourth-order valence-electron chi connectivity index (χ4n) is 9.07. The van der Waals surface area contributed by atoms with E-state index in [2.05, 4.69) is 143 Å². The summed E-state index contributed by atoms with van der Waals surface area (Å²) in [6.07, 6.45) is 0. The van der Waals surface area contributed by atoms with Crippen LogP contribution < -0.4 is 36.9 Å². The van der Waals surface area contributed by atoms with Gasteiger partial charge >= 0.3 is 17.2 Å². The highest BCUT2D eigenvalue weighted by Crippen LogP contribution is 2.60. The molecule has 8 rings (SSSR count). The van der Waals surface area contributed by atoms with Crippen LogP contribution in [0.2, 0.25) is 0 Å². The molecule has 2 heterocycles. The molecule has 0 aliphatic carbocycles. The van der Waals surface area contributed by atoms with Gasteiger partial charge in [0.15, 0.2) is 23.0 Å². The fourth-order valence-corrected chi connectivity index (χ4v) is 11.2. The van der Waals surface area contributed by atoms with Gasteiger partial charge in [-0.3, -0.25) is 0 Å². The first kappa shape index (κ1) is 47.1. The molecule has 0 saturated carbocycles. The summed E-state index contributed by atoms with van der Waals surface area (Å²) in [4.78, 5) is 4.20. The molecule has 0 bridgehead atoms. The van der Waals surface area contributed by atoms with Crippen LogP contribution in [0.4, 0.5) is 22.7 Å². The zero-order valence-corrected chi connectivity index (χ0v) is 43.4. The molecule has 10 heteroatoms. The minimum atomic E-state index is -2.09. The molecular formula is C56H66N2O6P2. The van der Waals surface area contributed by atoms with Crippen molar-refractivity contribution in [3.8, 4) is 45.6 Å². The maximum atomic E-state index is 7.51. The second kappa shape index (κ2) is 17.3. The Hall–Kier alpha value is -5.42. The van der Waals surface area contributed by atoms with Crippen molar-refractivity contribution in [1.82, 2.24) is 0 Å². The molecule has 0 N–H and O–H groups in total. The van der Waals surface area contributed by atoms with Gasteiger partial charge in [0.25, 0.3) is 0 Å². The second-order valence-electron chi connectivity index (χ2n) is 21.6. The van der Waals surface area contributed by atoms with E-state index in [1.54, 1.807) is 0 Å². The van der Waals surface area contributed by atoms with Crippen LogP contribution in [-0.2, 0) is 21.7 Å². The van der Waals surface area contributed by atoms with Crippen molar-refractivity contribution < 1.29 is 27.1 Å². The number of rotatable bonds is 5. The topological polar surface area (TPSA) is 61.9 Å². The zero-order chi connectivity index (χ0) is 47.7. The second-order valence-corrected chi connectivity index (χ2v) is 23.6. The number of hydrogen-bond donors (Lipinski definition) is 0. The molecule has 0 spiro atoms. The van der Waals surface area contributed by atoms with Crippen molar-refractivity contribution in [2.75, 3.05) is 23.9 Å². The van der Waals surface area contributed by atoms with Crippen LogP contribution in [0.5, 0.6) is 34.5 Å². The summed E-state index contributed by atoms with van der Waals surface area (Å²) in [6.45, 7) is 31.6. The first-order valence-corrected chi connectivity index (χ1v) is 25.0. The van der Waals surface area contributed by atoms with E-state index in [0.717, 1.165) is 56.1 Å². The number of benzene rings is 6. The van der Waals surface area contributed by atoms with Crippen LogP contribution in [0.3, 0.4) is 0 Å². The van der Waals surface area contributed by atoms with E-state index in [0.29, 0.717) is 34.5 Å². The summed E-state index contributed by atoms with van der Waals surface area (Å²) < 4.78 is 42.7. The Labute approximate surface area is 396 Å². The number of nitrogens with zero attached hydrogens (tertiary/aromatic N) is 2. The third-order valence-corrected chi connectivity index (χ3v) is 14.5. The average molecular weight is 925 g/mol. The molecule has 0 atom stereocenters.